The minimum atomic E-state index is -0.121. The van der Waals surface area contributed by atoms with Gasteiger partial charge in [0.2, 0.25) is 0 Å². The third kappa shape index (κ3) is 4.53. The molecule has 0 atom stereocenters. The summed E-state index contributed by atoms with van der Waals surface area (Å²) in [6.07, 6.45) is 0. The molecule has 0 saturated heterocycles. The quantitative estimate of drug-likeness (QED) is 0.176. The lowest BCUT2D eigenvalue weighted by Gasteiger charge is -2.31. The smallest absolute Gasteiger partial charge is 0.0555 e. The summed E-state index contributed by atoms with van der Waals surface area (Å²) < 4.78 is 2.60. The summed E-state index contributed by atoms with van der Waals surface area (Å²) in [5.74, 6) is 0. The molecule has 0 amide bonds. The standard InChI is InChI=1S/C49H35NS/c1-49(2)40-25-11-8-22-38(40)46-41(49)26-15-28-43(46)50(42-27-12-9-21-37(42)36-24-14-19-32-18-6-7-20-34(32)36)44-31-30-35(33-16-4-3-5-17-33)48-47(44)39-23-10-13-29-45(39)51-48/h3-31H,1-2H3. The highest BCUT2D eigenvalue weighted by Crippen LogP contribution is 2.57. The third-order valence-corrected chi connectivity index (χ3v) is 12.1. The fourth-order valence-corrected chi connectivity index (χ4v) is 9.77. The zero-order chi connectivity index (χ0) is 34.1. The average molecular weight is 670 g/mol. The van der Waals surface area contributed by atoms with Gasteiger partial charge in [-0.1, -0.05) is 166 Å². The summed E-state index contributed by atoms with van der Waals surface area (Å²) in [5.41, 5.74) is 13.7. The van der Waals surface area contributed by atoms with Crippen molar-refractivity contribution in [3.8, 4) is 33.4 Å². The third-order valence-electron chi connectivity index (χ3n) is 10.9. The van der Waals surface area contributed by atoms with Gasteiger partial charge >= 0.3 is 0 Å². The van der Waals surface area contributed by atoms with Crippen molar-refractivity contribution in [2.75, 3.05) is 4.90 Å². The molecule has 0 N–H and O–H groups in total. The summed E-state index contributed by atoms with van der Waals surface area (Å²) >= 11 is 1.89. The molecular weight excluding hydrogens is 635 g/mol. The maximum atomic E-state index is 2.57. The Morgan fingerprint density at radius 3 is 1.94 bits per heavy atom. The van der Waals surface area contributed by atoms with Crippen LogP contribution in [0.5, 0.6) is 0 Å². The molecule has 0 spiro atoms. The first-order valence-electron chi connectivity index (χ1n) is 17.7. The number of rotatable bonds is 5. The van der Waals surface area contributed by atoms with E-state index < -0.39 is 0 Å². The Balaban J connectivity index is 1.35. The van der Waals surface area contributed by atoms with E-state index in [0.29, 0.717) is 0 Å². The van der Waals surface area contributed by atoms with Crippen molar-refractivity contribution in [2.45, 2.75) is 19.3 Å². The van der Waals surface area contributed by atoms with E-state index >= 15 is 0 Å². The highest BCUT2D eigenvalue weighted by molar-refractivity contribution is 7.26. The van der Waals surface area contributed by atoms with Crippen molar-refractivity contribution in [1.82, 2.24) is 0 Å². The van der Waals surface area contributed by atoms with E-state index in [1.165, 1.54) is 86.8 Å². The van der Waals surface area contributed by atoms with E-state index in [-0.39, 0.29) is 5.41 Å². The van der Waals surface area contributed by atoms with Gasteiger partial charge in [0.1, 0.15) is 0 Å². The summed E-state index contributed by atoms with van der Waals surface area (Å²) in [4.78, 5) is 2.57. The van der Waals surface area contributed by atoms with Crippen LogP contribution in [0.1, 0.15) is 25.0 Å². The van der Waals surface area contributed by atoms with Gasteiger partial charge in [0.25, 0.3) is 0 Å². The second-order valence-corrected chi connectivity index (χ2v) is 15.1. The van der Waals surface area contributed by atoms with E-state index in [2.05, 4.69) is 195 Å². The maximum absolute atomic E-state index is 2.57. The van der Waals surface area contributed by atoms with Gasteiger partial charge in [0, 0.05) is 36.7 Å². The van der Waals surface area contributed by atoms with Gasteiger partial charge in [-0.2, -0.15) is 0 Å². The zero-order valence-corrected chi connectivity index (χ0v) is 29.4. The molecular formula is C49H35NS. The van der Waals surface area contributed by atoms with Crippen LogP contribution in [0.4, 0.5) is 17.1 Å². The molecule has 0 fully saturated rings. The zero-order valence-electron chi connectivity index (χ0n) is 28.6. The topological polar surface area (TPSA) is 3.24 Å². The van der Waals surface area contributed by atoms with Gasteiger partial charge in [-0.3, -0.25) is 0 Å². The highest BCUT2D eigenvalue weighted by Gasteiger charge is 2.38. The Bertz CT molecular complexity index is 2780. The maximum Gasteiger partial charge on any atom is 0.0555 e. The van der Waals surface area contributed by atoms with Gasteiger partial charge in [-0.15, -0.1) is 11.3 Å². The van der Waals surface area contributed by atoms with E-state index in [9.17, 15) is 0 Å². The van der Waals surface area contributed by atoms with E-state index in [0.717, 1.165) is 5.69 Å². The minimum Gasteiger partial charge on any atom is -0.309 e. The van der Waals surface area contributed by atoms with Crippen molar-refractivity contribution in [3.63, 3.8) is 0 Å². The molecule has 0 bridgehead atoms. The number of hydrogen-bond donors (Lipinski definition) is 0. The first-order chi connectivity index (χ1) is 25.1. The fourth-order valence-electron chi connectivity index (χ4n) is 8.51. The molecule has 0 saturated carbocycles. The van der Waals surface area contributed by atoms with Gasteiger partial charge in [0.15, 0.2) is 0 Å². The molecule has 1 nitrogen and oxygen atoms in total. The van der Waals surface area contributed by atoms with Crippen molar-refractivity contribution in [3.05, 3.63) is 187 Å². The largest absolute Gasteiger partial charge is 0.309 e. The molecule has 2 heteroatoms. The van der Waals surface area contributed by atoms with Crippen molar-refractivity contribution in [1.29, 1.82) is 0 Å². The lowest BCUT2D eigenvalue weighted by molar-refractivity contribution is 0.660. The van der Waals surface area contributed by atoms with Crippen LogP contribution < -0.4 is 4.90 Å². The van der Waals surface area contributed by atoms with Crippen LogP contribution >= 0.6 is 11.3 Å². The van der Waals surface area contributed by atoms with Crippen LogP contribution in [0.2, 0.25) is 0 Å². The van der Waals surface area contributed by atoms with E-state index in [1.54, 1.807) is 0 Å². The number of anilines is 3. The van der Waals surface area contributed by atoms with E-state index in [1.807, 2.05) is 11.3 Å². The molecule has 1 aliphatic rings. The Kier molecular flexibility index (Phi) is 6.78. The summed E-state index contributed by atoms with van der Waals surface area (Å²) in [6, 6.07) is 64.8. The van der Waals surface area contributed by atoms with Gasteiger partial charge in [-0.05, 0) is 68.4 Å². The Labute approximate surface area is 302 Å². The monoisotopic (exact) mass is 669 g/mol. The lowest BCUT2D eigenvalue weighted by Crippen LogP contribution is -2.16. The molecule has 1 heterocycles. The normalized spacial score (nSPS) is 13.1. The number of para-hydroxylation sites is 1. The lowest BCUT2D eigenvalue weighted by atomic mass is 9.82. The predicted octanol–water partition coefficient (Wildman–Crippen LogP) is 14.3. The van der Waals surface area contributed by atoms with Crippen molar-refractivity contribution in [2.24, 2.45) is 0 Å². The first-order valence-corrected chi connectivity index (χ1v) is 18.5. The Morgan fingerprint density at radius 2 is 1.06 bits per heavy atom. The summed E-state index contributed by atoms with van der Waals surface area (Å²) in [6.45, 7) is 4.74. The van der Waals surface area contributed by atoms with Crippen LogP contribution in [0, 0.1) is 0 Å². The molecule has 9 aromatic rings. The molecule has 51 heavy (non-hydrogen) atoms. The molecule has 0 unspecified atom stereocenters. The first kappa shape index (κ1) is 29.9. The van der Waals surface area contributed by atoms with Crippen molar-refractivity contribution >= 4 is 59.3 Å². The van der Waals surface area contributed by atoms with Crippen LogP contribution in [0.15, 0.2) is 176 Å². The number of benzene rings is 8. The molecule has 10 rings (SSSR count). The fraction of sp³-hybridized carbons (Fsp3) is 0.0612. The molecule has 0 aliphatic heterocycles. The average Bonchev–Trinajstić information content (AvgIpc) is 3.69. The summed E-state index contributed by atoms with van der Waals surface area (Å²) in [5, 5.41) is 5.06. The molecule has 8 aromatic carbocycles. The number of hydrogen-bond acceptors (Lipinski definition) is 2. The summed E-state index contributed by atoms with van der Waals surface area (Å²) in [7, 11) is 0. The van der Waals surface area contributed by atoms with Gasteiger partial charge in [0.05, 0.1) is 17.1 Å². The van der Waals surface area contributed by atoms with Gasteiger partial charge < -0.3 is 4.90 Å². The minimum absolute atomic E-state index is 0.121. The van der Waals surface area contributed by atoms with Crippen LogP contribution in [0.3, 0.4) is 0 Å². The second-order valence-electron chi connectivity index (χ2n) is 14.1. The molecule has 1 aromatic heterocycles. The number of fused-ring (bicyclic) bond motifs is 7. The number of thiophene rings is 1. The molecule has 0 radical (unpaired) electrons. The van der Waals surface area contributed by atoms with Crippen LogP contribution in [-0.2, 0) is 5.41 Å². The highest BCUT2D eigenvalue weighted by atomic mass is 32.1. The van der Waals surface area contributed by atoms with Crippen molar-refractivity contribution < 1.29 is 0 Å². The second kappa shape index (κ2) is 11.6. The molecule has 242 valence electrons. The van der Waals surface area contributed by atoms with Gasteiger partial charge in [-0.25, -0.2) is 0 Å². The number of nitrogens with zero attached hydrogens (tertiary/aromatic N) is 1. The van der Waals surface area contributed by atoms with Crippen LogP contribution in [-0.4, -0.2) is 0 Å². The van der Waals surface area contributed by atoms with E-state index in [4.69, 9.17) is 0 Å². The predicted molar refractivity (Wildman–Crippen MR) is 220 cm³/mol. The molecule has 1 aliphatic carbocycles. The Morgan fingerprint density at radius 1 is 0.431 bits per heavy atom. The SMILES string of the molecule is CC1(C)c2ccccc2-c2c(N(c3ccccc3-c3cccc4ccccc34)c3ccc(-c4ccccc4)c4sc5ccccc5c34)cccc21. The van der Waals surface area contributed by atoms with Crippen LogP contribution in [0.25, 0.3) is 64.3 Å². The Hall–Kier alpha value is -5.96.